The first-order chi connectivity index (χ1) is 14.6. The van der Waals surface area contributed by atoms with E-state index in [-0.39, 0.29) is 31.0 Å². The summed E-state index contributed by atoms with van der Waals surface area (Å²) in [5, 5.41) is 15.7. The molecule has 1 amide bonds. The molecule has 2 aliphatic rings. The molecule has 3 atom stereocenters. The Labute approximate surface area is 173 Å². The smallest absolute Gasteiger partial charge is 0.407 e. The van der Waals surface area contributed by atoms with Crippen molar-refractivity contribution in [2.45, 2.75) is 24.8 Å². The zero-order chi connectivity index (χ0) is 21.1. The van der Waals surface area contributed by atoms with Gasteiger partial charge < -0.3 is 15.2 Å². The van der Waals surface area contributed by atoms with Crippen molar-refractivity contribution in [1.29, 1.82) is 0 Å². The van der Waals surface area contributed by atoms with Gasteiger partial charge in [-0.3, -0.25) is 4.79 Å². The van der Waals surface area contributed by atoms with Crippen LogP contribution in [0.2, 0.25) is 0 Å². The number of carboxylic acids is 1. The highest BCUT2D eigenvalue weighted by atomic mass is 16.5. The lowest BCUT2D eigenvalue weighted by molar-refractivity contribution is -0.142. The lowest BCUT2D eigenvalue weighted by Gasteiger charge is -2.17. The van der Waals surface area contributed by atoms with Gasteiger partial charge >= 0.3 is 12.1 Å². The molecular weight excluding hydrogens is 384 g/mol. The topological polar surface area (TPSA) is 124 Å². The number of rotatable bonds is 6. The number of nitrogens with zero attached hydrogens (tertiary/aromatic N) is 3. The number of carboxylic acid groups (broad SMARTS) is 1. The molecule has 0 bridgehead atoms. The highest BCUT2D eigenvalue weighted by Gasteiger charge is 2.39. The van der Waals surface area contributed by atoms with Crippen LogP contribution in [-0.4, -0.2) is 36.4 Å². The van der Waals surface area contributed by atoms with Gasteiger partial charge in [0.05, 0.1) is 5.92 Å². The van der Waals surface area contributed by atoms with Crippen LogP contribution < -0.4 is 5.32 Å². The second-order valence-corrected chi connectivity index (χ2v) is 7.76. The summed E-state index contributed by atoms with van der Waals surface area (Å²) in [5.41, 5.74) is 13.1. The minimum atomic E-state index is -0.940. The molecule has 1 fully saturated rings. The maximum atomic E-state index is 12.4. The average Bonchev–Trinajstić information content (AvgIpc) is 3.30. The number of hydrogen-bond donors (Lipinski definition) is 2. The van der Waals surface area contributed by atoms with Crippen molar-refractivity contribution in [3.8, 4) is 11.1 Å². The summed E-state index contributed by atoms with van der Waals surface area (Å²) in [5.74, 6) is -1.91. The normalized spacial score (nSPS) is 21.9. The van der Waals surface area contributed by atoms with Gasteiger partial charge in [0.15, 0.2) is 0 Å². The van der Waals surface area contributed by atoms with Gasteiger partial charge in [-0.2, -0.15) is 0 Å². The lowest BCUT2D eigenvalue weighted by atomic mass is 9.97. The Kier molecular flexibility index (Phi) is 5.59. The van der Waals surface area contributed by atoms with Gasteiger partial charge in [-0.25, -0.2) is 4.79 Å². The van der Waals surface area contributed by atoms with Crippen LogP contribution >= 0.6 is 0 Å². The molecule has 2 N–H and O–H groups in total. The van der Waals surface area contributed by atoms with Gasteiger partial charge in [0.2, 0.25) is 0 Å². The van der Waals surface area contributed by atoms with Crippen molar-refractivity contribution < 1.29 is 19.4 Å². The fraction of sp³-hybridized carbons (Fsp3) is 0.364. The Balaban J connectivity index is 1.39. The van der Waals surface area contributed by atoms with E-state index < -0.39 is 18.0 Å². The minimum absolute atomic E-state index is 0.0313. The molecule has 2 aromatic carbocycles. The summed E-state index contributed by atoms with van der Waals surface area (Å²) < 4.78 is 5.53. The molecule has 8 nitrogen and oxygen atoms in total. The minimum Gasteiger partial charge on any atom is -0.481 e. The van der Waals surface area contributed by atoms with E-state index in [1.54, 1.807) is 0 Å². The van der Waals surface area contributed by atoms with E-state index in [0.29, 0.717) is 12.8 Å². The Morgan fingerprint density at radius 2 is 1.73 bits per heavy atom. The van der Waals surface area contributed by atoms with Crippen LogP contribution in [-0.2, 0) is 9.53 Å². The summed E-state index contributed by atoms with van der Waals surface area (Å²) >= 11 is 0. The van der Waals surface area contributed by atoms with E-state index in [1.807, 2.05) is 24.3 Å². The maximum absolute atomic E-state index is 12.4. The van der Waals surface area contributed by atoms with Crippen molar-refractivity contribution in [3.63, 3.8) is 0 Å². The van der Waals surface area contributed by atoms with Crippen LogP contribution in [0.3, 0.4) is 0 Å². The molecule has 8 heteroatoms. The number of alkyl carbamates (subject to hydrolysis) is 1. The molecule has 0 radical (unpaired) electrons. The predicted molar refractivity (Wildman–Crippen MR) is 110 cm³/mol. The summed E-state index contributed by atoms with van der Waals surface area (Å²) in [6.07, 6.45) is 0.182. The van der Waals surface area contributed by atoms with Gasteiger partial charge in [0.25, 0.3) is 0 Å². The molecule has 0 aromatic heterocycles. The molecule has 30 heavy (non-hydrogen) atoms. The highest BCUT2D eigenvalue weighted by molar-refractivity contribution is 5.79. The fourth-order valence-corrected chi connectivity index (χ4v) is 4.70. The molecule has 2 aromatic rings. The monoisotopic (exact) mass is 406 g/mol. The quantitative estimate of drug-likeness (QED) is 0.421. The largest absolute Gasteiger partial charge is 0.481 e. The zero-order valence-electron chi connectivity index (χ0n) is 16.3. The first-order valence-electron chi connectivity index (χ1n) is 9.93. The van der Waals surface area contributed by atoms with Gasteiger partial charge in [-0.1, -0.05) is 53.6 Å². The van der Waals surface area contributed by atoms with E-state index in [4.69, 9.17) is 10.3 Å². The summed E-state index contributed by atoms with van der Waals surface area (Å²) in [6, 6.07) is 15.9. The number of aliphatic carboxylic acids is 1. The maximum Gasteiger partial charge on any atom is 0.407 e. The van der Waals surface area contributed by atoms with Crippen LogP contribution in [0.1, 0.15) is 29.9 Å². The summed E-state index contributed by atoms with van der Waals surface area (Å²) in [6.45, 7) is 0.313. The third-order valence-electron chi connectivity index (χ3n) is 6.06. The SMILES string of the molecule is [N-]=[N+]=NC[C@H]1C[C@H](NC(=O)OCC2c3ccccc3-c3ccccc32)C[C@@H]1C(=O)O. The summed E-state index contributed by atoms with van der Waals surface area (Å²) in [4.78, 5) is 26.6. The molecule has 0 aliphatic heterocycles. The third kappa shape index (κ3) is 3.82. The lowest BCUT2D eigenvalue weighted by Crippen LogP contribution is -2.34. The molecule has 4 rings (SSSR count). The molecule has 0 saturated heterocycles. The van der Waals surface area contributed by atoms with Crippen LogP contribution in [0, 0.1) is 11.8 Å². The van der Waals surface area contributed by atoms with Crippen LogP contribution in [0.25, 0.3) is 21.6 Å². The van der Waals surface area contributed by atoms with Gasteiger partial charge in [-0.15, -0.1) is 0 Å². The molecule has 2 aliphatic carbocycles. The van der Waals surface area contributed by atoms with Crippen LogP contribution in [0.4, 0.5) is 4.79 Å². The number of amides is 1. The number of nitrogens with one attached hydrogen (secondary N) is 1. The number of carbonyl (C=O) groups excluding carboxylic acids is 1. The van der Waals surface area contributed by atoms with E-state index in [1.165, 1.54) is 0 Å². The standard InChI is InChI=1S/C22H22N4O4/c23-26-24-11-13-9-14(10-19(13)21(27)28)25-22(29)30-12-20-17-7-3-1-5-15(17)16-6-2-4-8-18(16)20/h1-8,13-14,19-20H,9-12H2,(H,25,29)(H,27,28)/t13-,14+,19+/m1/s1. The first-order valence-corrected chi connectivity index (χ1v) is 9.93. The zero-order valence-corrected chi connectivity index (χ0v) is 16.3. The summed E-state index contributed by atoms with van der Waals surface area (Å²) in [7, 11) is 0. The number of fused-ring (bicyclic) bond motifs is 3. The fourth-order valence-electron chi connectivity index (χ4n) is 4.70. The number of benzene rings is 2. The van der Waals surface area contributed by atoms with E-state index in [9.17, 15) is 14.7 Å². The van der Waals surface area contributed by atoms with Gasteiger partial charge in [0, 0.05) is 23.4 Å². The Morgan fingerprint density at radius 1 is 1.10 bits per heavy atom. The highest BCUT2D eigenvalue weighted by Crippen LogP contribution is 2.44. The Bertz CT molecular complexity index is 972. The van der Waals surface area contributed by atoms with Crippen LogP contribution in [0.5, 0.6) is 0 Å². The van der Waals surface area contributed by atoms with E-state index in [0.717, 1.165) is 22.3 Å². The predicted octanol–water partition coefficient (Wildman–Crippen LogP) is 4.31. The van der Waals surface area contributed by atoms with E-state index >= 15 is 0 Å². The van der Waals surface area contributed by atoms with Crippen LogP contribution in [0.15, 0.2) is 53.6 Å². The van der Waals surface area contributed by atoms with Gasteiger partial charge in [0.1, 0.15) is 6.61 Å². The average molecular weight is 406 g/mol. The second kappa shape index (κ2) is 8.47. The number of azide groups is 1. The van der Waals surface area contributed by atoms with Gasteiger partial charge in [-0.05, 0) is 46.5 Å². The van der Waals surface area contributed by atoms with Crippen molar-refractivity contribution in [1.82, 2.24) is 5.32 Å². The molecular formula is C22H22N4O4. The molecule has 0 unspecified atom stereocenters. The third-order valence-corrected chi connectivity index (χ3v) is 6.06. The number of hydrogen-bond acceptors (Lipinski definition) is 4. The Morgan fingerprint density at radius 3 is 2.33 bits per heavy atom. The van der Waals surface area contributed by atoms with Crippen molar-refractivity contribution in [2.75, 3.05) is 13.2 Å². The Hall–Kier alpha value is -3.51. The van der Waals surface area contributed by atoms with Crippen molar-refractivity contribution >= 4 is 12.1 Å². The molecule has 0 spiro atoms. The molecule has 1 saturated carbocycles. The second-order valence-electron chi connectivity index (χ2n) is 7.76. The molecule has 154 valence electrons. The number of ether oxygens (including phenoxy) is 1. The molecule has 0 heterocycles. The first kappa shape index (κ1) is 19.8. The van der Waals surface area contributed by atoms with E-state index in [2.05, 4.69) is 39.6 Å². The van der Waals surface area contributed by atoms with Crippen molar-refractivity contribution in [2.24, 2.45) is 17.0 Å². The van der Waals surface area contributed by atoms with Crippen molar-refractivity contribution in [3.05, 3.63) is 70.1 Å². The number of carbonyl (C=O) groups is 2.